The number of benzene rings is 10. The lowest BCUT2D eigenvalue weighted by Crippen LogP contribution is -2.24. The van der Waals surface area contributed by atoms with Gasteiger partial charge in [0.2, 0.25) is 34.9 Å². The standard InChI is InChI=1S/C90H32F30N6/c91-57-51(58(92)70(104)81(115)69(57)103)45-33-21-22-34(121-33)46(52-59(93)71(105)82(116)72(106)60(52)94)36-24-26-38(123-36)48(54-63(97)75(109)84(118)76(110)64(54)98)88-42(30-15-7-2-8-16-30)44(32-19-11-4-12-20-32)90(126-88)50(56-67(101)79(113)86(120)80(114)68(56)102)40-28-27-39(124-40)49(55-65(99)77(111)85(119)78(112)66(55)100)89-43(31-17-9-3-10-18-31)41(29-13-5-1-6-14-29)87(125-89)47(37-25-23-35(45)122-37)53-61(95)73(107)83(117)74(108)62(53)96/h1-28,121-122,124,126H. The third-order valence-electron chi connectivity index (χ3n) is 20.8. The van der Waals surface area contributed by atoms with E-state index in [2.05, 4.69) is 29.9 Å². The third kappa shape index (κ3) is 12.7. The first kappa shape index (κ1) is 83.3. The summed E-state index contributed by atoms with van der Waals surface area (Å²) in [4.78, 5) is 18.1. The van der Waals surface area contributed by atoms with Crippen LogP contribution >= 0.6 is 0 Å². The first-order chi connectivity index (χ1) is 60.1. The molecule has 17 rings (SSSR count). The highest BCUT2D eigenvalue weighted by molar-refractivity contribution is 6.51. The number of aromatic nitrogens is 4. The molecule has 3 aliphatic heterocycles. The molecule has 12 bridgehead atoms. The maximum absolute atomic E-state index is 17.9. The number of nitrogens with one attached hydrogen (secondary N) is 4. The lowest BCUT2D eigenvalue weighted by molar-refractivity contribution is 0.376. The van der Waals surface area contributed by atoms with Crippen LogP contribution in [0.25, 0.3) is 66.8 Å². The number of allylic oxidation sites excluding steroid dienone is 4. The van der Waals surface area contributed by atoms with Crippen LogP contribution in [0.15, 0.2) is 191 Å². The second kappa shape index (κ2) is 31.1. The van der Waals surface area contributed by atoms with Crippen molar-refractivity contribution in [3.05, 3.63) is 444 Å². The molecule has 0 amide bonds. The van der Waals surface area contributed by atoms with E-state index in [0.29, 0.717) is 48.6 Å². The van der Waals surface area contributed by atoms with E-state index in [9.17, 15) is 0 Å². The van der Waals surface area contributed by atoms with E-state index in [0.717, 1.165) is 97.1 Å². The average molecular weight is 1770 g/mol. The highest BCUT2D eigenvalue weighted by atomic mass is 19.2. The maximum atomic E-state index is 17.9. The Hall–Kier alpha value is -15.0. The molecule has 14 aromatic rings. The fraction of sp³-hybridized carbons (Fsp3) is 0. The van der Waals surface area contributed by atoms with Gasteiger partial charge in [0.15, 0.2) is 140 Å². The van der Waals surface area contributed by atoms with Crippen molar-refractivity contribution in [2.75, 3.05) is 0 Å². The van der Waals surface area contributed by atoms with Crippen LogP contribution in [-0.4, -0.2) is 31.4 Å². The fourth-order valence-electron chi connectivity index (χ4n) is 15.3. The Balaban J connectivity index is 1.21. The predicted octanol–water partition coefficient (Wildman–Crippen LogP) is 21.7. The molecule has 0 saturated carbocycles. The Morgan fingerprint density at radius 2 is 0.437 bits per heavy atom. The van der Waals surface area contributed by atoms with Crippen molar-refractivity contribution in [2.45, 2.75) is 0 Å². The normalized spacial score (nSPS) is 13.7. The van der Waals surface area contributed by atoms with Crippen molar-refractivity contribution in [2.24, 2.45) is 9.98 Å². The summed E-state index contributed by atoms with van der Waals surface area (Å²) in [6.07, 6.45) is 0.826. The van der Waals surface area contributed by atoms with Crippen molar-refractivity contribution in [1.82, 2.24) is 19.9 Å². The number of aliphatic imine (C=N–C) groups is 2. The highest BCUT2D eigenvalue weighted by Crippen LogP contribution is 2.52. The molecule has 4 N–H and O–H groups in total. The fourth-order valence-corrected chi connectivity index (χ4v) is 15.3. The van der Waals surface area contributed by atoms with Gasteiger partial charge in [-0.25, -0.2) is 142 Å². The number of nitrogens with zero attached hydrogens (tertiary/aromatic N) is 2. The Morgan fingerprint density at radius 3 is 0.802 bits per heavy atom. The van der Waals surface area contributed by atoms with Gasteiger partial charge < -0.3 is 19.9 Å². The van der Waals surface area contributed by atoms with Crippen LogP contribution in [0.4, 0.5) is 132 Å². The minimum absolute atomic E-state index is 0.408. The molecule has 0 unspecified atom stereocenters. The lowest BCUT2D eigenvalue weighted by atomic mass is 9.85. The van der Waals surface area contributed by atoms with Crippen molar-refractivity contribution in [3.63, 3.8) is 0 Å². The van der Waals surface area contributed by atoms with E-state index in [1.54, 1.807) is 0 Å². The van der Waals surface area contributed by atoms with Gasteiger partial charge in [0.05, 0.1) is 67.6 Å². The molecular weight excluding hydrogens is 1730 g/mol. The Labute approximate surface area is 681 Å². The molecule has 0 spiro atoms. The summed E-state index contributed by atoms with van der Waals surface area (Å²) in [5.74, 6) is -86.6. The van der Waals surface area contributed by atoms with Gasteiger partial charge in [0, 0.05) is 88.5 Å². The topological polar surface area (TPSA) is 87.9 Å². The molecular formula is C90H32F30N6. The molecule has 632 valence electrons. The molecule has 4 aromatic heterocycles. The first-order valence-corrected chi connectivity index (χ1v) is 35.8. The number of halogens is 30. The van der Waals surface area contributed by atoms with E-state index in [1.165, 1.54) is 24.3 Å². The molecule has 0 atom stereocenters. The minimum atomic E-state index is -2.95. The molecule has 0 aliphatic carbocycles. The molecule has 0 saturated heterocycles. The second-order valence-corrected chi connectivity index (χ2v) is 27.6. The summed E-state index contributed by atoms with van der Waals surface area (Å²) in [7, 11) is 0. The Morgan fingerprint density at radius 1 is 0.175 bits per heavy atom. The highest BCUT2D eigenvalue weighted by Gasteiger charge is 2.44. The summed E-state index contributed by atoms with van der Waals surface area (Å²) >= 11 is 0. The van der Waals surface area contributed by atoms with Gasteiger partial charge in [0.25, 0.3) is 0 Å². The van der Waals surface area contributed by atoms with Gasteiger partial charge >= 0.3 is 0 Å². The molecule has 7 heterocycles. The largest absolute Gasteiger partial charge is 0.354 e. The average Bonchev–Trinajstić information content (AvgIpc) is 1.56. The zero-order valence-electron chi connectivity index (χ0n) is 61.4. The summed E-state index contributed by atoms with van der Waals surface area (Å²) in [5.41, 5.74) is -38.7. The zero-order valence-corrected chi connectivity index (χ0v) is 61.4. The molecule has 36 heteroatoms. The van der Waals surface area contributed by atoms with Crippen LogP contribution in [0, 0.1) is 175 Å². The Bertz CT molecular complexity index is 7490. The van der Waals surface area contributed by atoms with Gasteiger partial charge in [-0.1, -0.05) is 121 Å². The van der Waals surface area contributed by atoms with Gasteiger partial charge in [-0.15, -0.1) is 0 Å². The van der Waals surface area contributed by atoms with Crippen molar-refractivity contribution >= 4 is 56.0 Å². The van der Waals surface area contributed by atoms with E-state index in [4.69, 9.17) is 0 Å². The van der Waals surface area contributed by atoms with Crippen molar-refractivity contribution in [1.29, 1.82) is 0 Å². The number of hydrogen-bond acceptors (Lipinski definition) is 2. The van der Waals surface area contributed by atoms with Crippen molar-refractivity contribution in [3.8, 4) is 22.3 Å². The van der Waals surface area contributed by atoms with E-state index < -0.39 is 353 Å². The predicted molar refractivity (Wildman–Crippen MR) is 394 cm³/mol. The third-order valence-corrected chi connectivity index (χ3v) is 20.8. The molecule has 3 aliphatic rings. The number of aromatic amines is 4. The smallest absolute Gasteiger partial charge is 0.200 e. The minimum Gasteiger partial charge on any atom is -0.354 e. The van der Waals surface area contributed by atoms with E-state index in [-0.39, 0.29) is 0 Å². The maximum Gasteiger partial charge on any atom is 0.200 e. The zero-order chi connectivity index (χ0) is 89.8. The van der Waals surface area contributed by atoms with Crippen LogP contribution in [-0.2, 0) is 0 Å². The monoisotopic (exact) mass is 1770 g/mol. The lowest BCUT2D eigenvalue weighted by Gasteiger charge is -2.17. The molecule has 126 heavy (non-hydrogen) atoms. The number of H-pyrrole nitrogens is 4. The SMILES string of the molecule is Fc1c(F)c(F)c(C2=C3N=C(C(c4ccccc4)=C3c3ccccc3)C(c3c(F)c(F)c(F)c(F)c3F)=c3ccc([nH]3)=C(c3c(F)c(F)c(F)c(F)c3F)c3[nH]c(c(-c4ccccc4)c3-c3ccccc3)C(c3c(F)c(F)c(F)c(F)c3F)=C3C=CC(=N3)C(c3c(F)c(F)c(F)c(F)c3F)=c3ccc([nH]3)=C(c3c(F)c(F)c(F)c(F)c3F)c3ccc2[nH]3)c(F)c1F. The summed E-state index contributed by atoms with van der Waals surface area (Å²) < 4.78 is 502. The summed E-state index contributed by atoms with van der Waals surface area (Å²) in [6, 6.07) is 25.4. The Kier molecular flexibility index (Phi) is 20.6. The van der Waals surface area contributed by atoms with Crippen LogP contribution in [0.3, 0.4) is 0 Å². The van der Waals surface area contributed by atoms with Crippen LogP contribution in [0.1, 0.15) is 67.3 Å². The number of fused-ring (bicyclic) bond motifs is 10. The van der Waals surface area contributed by atoms with Crippen LogP contribution < -0.4 is 21.4 Å². The van der Waals surface area contributed by atoms with Gasteiger partial charge in [-0.3, -0.25) is 0 Å². The summed E-state index contributed by atoms with van der Waals surface area (Å²) in [6.45, 7) is 0. The van der Waals surface area contributed by atoms with Crippen LogP contribution in [0.2, 0.25) is 0 Å². The van der Waals surface area contributed by atoms with E-state index >= 15 is 132 Å². The van der Waals surface area contributed by atoms with Gasteiger partial charge in [-0.05, 0) is 70.8 Å². The second-order valence-electron chi connectivity index (χ2n) is 27.6. The number of hydrogen-bond donors (Lipinski definition) is 4. The van der Waals surface area contributed by atoms with Crippen LogP contribution in [0.5, 0.6) is 0 Å². The van der Waals surface area contributed by atoms with Gasteiger partial charge in [0.1, 0.15) is 0 Å². The molecule has 6 nitrogen and oxygen atoms in total. The molecule has 0 radical (unpaired) electrons. The summed E-state index contributed by atoms with van der Waals surface area (Å²) in [5, 5.41) is -5.16. The molecule has 10 aromatic carbocycles. The molecule has 0 fully saturated rings. The first-order valence-electron chi connectivity index (χ1n) is 35.8. The van der Waals surface area contributed by atoms with Gasteiger partial charge in [-0.2, -0.15) is 0 Å². The van der Waals surface area contributed by atoms with E-state index in [1.807, 2.05) is 0 Å². The van der Waals surface area contributed by atoms with Crippen molar-refractivity contribution < 1.29 is 132 Å². The number of rotatable bonds is 10. The quantitative estimate of drug-likeness (QED) is 0.0597.